The van der Waals surface area contributed by atoms with Crippen LogP contribution in [-0.4, -0.2) is 53.6 Å². The highest BCUT2D eigenvalue weighted by molar-refractivity contribution is 14.0. The van der Waals surface area contributed by atoms with Crippen LogP contribution in [-0.2, 0) is 20.1 Å². The number of guanidine groups is 1. The largest absolute Gasteiger partial charge is 0.356 e. The highest BCUT2D eigenvalue weighted by atomic mass is 127. The Bertz CT molecular complexity index is 742. The standard InChI is InChI=1S/C22H33N5.HI/c1-18-13-20(16-27(18)15-19-9-6-5-7-10-19)14-24-22(23-2)26(4)17-21-11-8-12-25(21)3;/h5-12,18,20H,13-17H2,1-4H3,(H,23,24);1H. The van der Waals surface area contributed by atoms with Gasteiger partial charge in [-0.3, -0.25) is 9.89 Å². The summed E-state index contributed by atoms with van der Waals surface area (Å²) in [5.74, 6) is 1.62. The molecule has 2 aromatic rings. The number of hydrogen-bond donors (Lipinski definition) is 1. The Hall–Kier alpha value is -1.54. The molecule has 3 rings (SSSR count). The van der Waals surface area contributed by atoms with E-state index in [0.717, 1.165) is 32.1 Å². The number of likely N-dealkylation sites (tertiary alicyclic amines) is 1. The van der Waals surface area contributed by atoms with E-state index in [0.29, 0.717) is 12.0 Å². The van der Waals surface area contributed by atoms with E-state index in [4.69, 9.17) is 0 Å². The molecule has 1 aromatic carbocycles. The van der Waals surface area contributed by atoms with Crippen LogP contribution in [0.4, 0.5) is 0 Å². The minimum Gasteiger partial charge on any atom is -0.356 e. The lowest BCUT2D eigenvalue weighted by molar-refractivity contribution is 0.255. The van der Waals surface area contributed by atoms with Crippen molar-refractivity contribution in [2.24, 2.45) is 18.0 Å². The van der Waals surface area contributed by atoms with Crippen molar-refractivity contribution in [2.75, 3.05) is 27.2 Å². The number of aliphatic imine (C=N–C) groups is 1. The van der Waals surface area contributed by atoms with Crippen molar-refractivity contribution in [1.29, 1.82) is 0 Å². The Kier molecular flexibility index (Phi) is 8.82. The molecule has 2 heterocycles. The van der Waals surface area contributed by atoms with Crippen LogP contribution in [0, 0.1) is 5.92 Å². The number of rotatable bonds is 6. The van der Waals surface area contributed by atoms with E-state index >= 15 is 0 Å². The van der Waals surface area contributed by atoms with Crippen molar-refractivity contribution < 1.29 is 0 Å². The predicted octanol–water partition coefficient (Wildman–Crippen LogP) is 3.56. The number of nitrogens with zero attached hydrogens (tertiary/aromatic N) is 4. The van der Waals surface area contributed by atoms with E-state index in [9.17, 15) is 0 Å². The molecule has 0 aliphatic carbocycles. The molecule has 2 unspecified atom stereocenters. The van der Waals surface area contributed by atoms with E-state index in [1.54, 1.807) is 0 Å². The van der Waals surface area contributed by atoms with Crippen molar-refractivity contribution in [3.8, 4) is 0 Å². The molecule has 0 bridgehead atoms. The van der Waals surface area contributed by atoms with Gasteiger partial charge in [0.1, 0.15) is 0 Å². The number of benzene rings is 1. The fourth-order valence-corrected chi connectivity index (χ4v) is 4.00. The average Bonchev–Trinajstić information content (AvgIpc) is 3.22. The van der Waals surface area contributed by atoms with Crippen molar-refractivity contribution in [1.82, 2.24) is 19.7 Å². The summed E-state index contributed by atoms with van der Waals surface area (Å²) in [7, 11) is 6.05. The molecule has 0 amide bonds. The van der Waals surface area contributed by atoms with Crippen molar-refractivity contribution >= 4 is 29.9 Å². The fraction of sp³-hybridized carbons (Fsp3) is 0.500. The zero-order chi connectivity index (χ0) is 19.2. The van der Waals surface area contributed by atoms with Crippen LogP contribution >= 0.6 is 24.0 Å². The van der Waals surface area contributed by atoms with Gasteiger partial charge in [-0.25, -0.2) is 0 Å². The summed E-state index contributed by atoms with van der Waals surface area (Å²) in [6.07, 6.45) is 3.32. The van der Waals surface area contributed by atoms with E-state index in [-0.39, 0.29) is 24.0 Å². The lowest BCUT2D eigenvalue weighted by atomic mass is 10.1. The van der Waals surface area contributed by atoms with Crippen molar-refractivity contribution in [2.45, 2.75) is 32.5 Å². The molecular weight excluding hydrogens is 461 g/mol. The summed E-state index contributed by atoms with van der Waals surface area (Å²) >= 11 is 0. The number of aromatic nitrogens is 1. The van der Waals surface area contributed by atoms with Crippen LogP contribution in [0.25, 0.3) is 0 Å². The molecule has 1 saturated heterocycles. The molecular formula is C22H34IN5. The van der Waals surface area contributed by atoms with Gasteiger partial charge in [0.15, 0.2) is 5.96 Å². The predicted molar refractivity (Wildman–Crippen MR) is 128 cm³/mol. The zero-order valence-corrected chi connectivity index (χ0v) is 19.8. The lowest BCUT2D eigenvalue weighted by Crippen LogP contribution is -2.41. The summed E-state index contributed by atoms with van der Waals surface area (Å²) < 4.78 is 2.16. The third kappa shape index (κ3) is 5.98. The first-order valence-corrected chi connectivity index (χ1v) is 9.86. The Morgan fingerprint density at radius 2 is 1.96 bits per heavy atom. The summed E-state index contributed by atoms with van der Waals surface area (Å²) in [6.45, 7) is 6.35. The number of nitrogens with one attached hydrogen (secondary N) is 1. The average molecular weight is 495 g/mol. The van der Waals surface area contributed by atoms with Crippen molar-refractivity contribution in [3.63, 3.8) is 0 Å². The third-order valence-corrected chi connectivity index (χ3v) is 5.59. The molecule has 1 aromatic heterocycles. The molecule has 5 nitrogen and oxygen atoms in total. The maximum absolute atomic E-state index is 4.47. The van der Waals surface area contributed by atoms with Gasteiger partial charge in [0.2, 0.25) is 0 Å². The molecule has 0 radical (unpaired) electrons. The normalized spacial score (nSPS) is 20.1. The van der Waals surface area contributed by atoms with Crippen LogP contribution in [0.1, 0.15) is 24.6 Å². The Labute approximate surface area is 186 Å². The first kappa shape index (κ1) is 22.7. The summed E-state index contributed by atoms with van der Waals surface area (Å²) in [4.78, 5) is 9.26. The topological polar surface area (TPSA) is 35.8 Å². The minimum absolute atomic E-state index is 0. The van der Waals surface area contributed by atoms with Crippen LogP contribution in [0.5, 0.6) is 0 Å². The van der Waals surface area contributed by atoms with Gasteiger partial charge in [-0.2, -0.15) is 0 Å². The van der Waals surface area contributed by atoms with Crippen molar-refractivity contribution in [3.05, 3.63) is 59.9 Å². The van der Waals surface area contributed by atoms with Gasteiger partial charge in [-0.15, -0.1) is 24.0 Å². The maximum Gasteiger partial charge on any atom is 0.193 e. The van der Waals surface area contributed by atoms with Crippen LogP contribution in [0.15, 0.2) is 53.7 Å². The number of halogens is 1. The molecule has 6 heteroatoms. The van der Waals surface area contributed by atoms with E-state index in [2.05, 4.69) is 94.4 Å². The molecule has 1 aliphatic rings. The van der Waals surface area contributed by atoms with Gasteiger partial charge in [0, 0.05) is 58.7 Å². The second-order valence-electron chi connectivity index (χ2n) is 7.76. The first-order chi connectivity index (χ1) is 13.1. The van der Waals surface area contributed by atoms with Gasteiger partial charge in [0.05, 0.1) is 6.54 Å². The molecule has 0 saturated carbocycles. The number of hydrogen-bond acceptors (Lipinski definition) is 2. The molecule has 1 N–H and O–H groups in total. The molecule has 1 fully saturated rings. The molecule has 0 spiro atoms. The van der Waals surface area contributed by atoms with Gasteiger partial charge in [0.25, 0.3) is 0 Å². The number of aryl methyl sites for hydroxylation is 1. The SMILES string of the molecule is CN=C(NCC1CC(C)N(Cc2ccccc2)C1)N(C)Cc1cccn1C.I. The monoisotopic (exact) mass is 495 g/mol. The maximum atomic E-state index is 4.47. The van der Waals surface area contributed by atoms with Crippen LogP contribution < -0.4 is 5.32 Å². The highest BCUT2D eigenvalue weighted by Crippen LogP contribution is 2.24. The summed E-state index contributed by atoms with van der Waals surface area (Å²) in [5.41, 5.74) is 2.68. The smallest absolute Gasteiger partial charge is 0.193 e. The van der Waals surface area contributed by atoms with Gasteiger partial charge in [-0.05, 0) is 37.0 Å². The van der Waals surface area contributed by atoms with Crippen LogP contribution in [0.3, 0.4) is 0 Å². The summed E-state index contributed by atoms with van der Waals surface area (Å²) in [6, 6.07) is 15.6. The zero-order valence-electron chi connectivity index (χ0n) is 17.5. The van der Waals surface area contributed by atoms with Crippen LogP contribution in [0.2, 0.25) is 0 Å². The van der Waals surface area contributed by atoms with E-state index < -0.39 is 0 Å². The second-order valence-corrected chi connectivity index (χ2v) is 7.76. The van der Waals surface area contributed by atoms with E-state index in [1.807, 2.05) is 7.05 Å². The molecule has 2 atom stereocenters. The van der Waals surface area contributed by atoms with E-state index in [1.165, 1.54) is 17.7 Å². The van der Waals surface area contributed by atoms with Gasteiger partial charge in [-0.1, -0.05) is 30.3 Å². The first-order valence-electron chi connectivity index (χ1n) is 9.86. The fourth-order valence-electron chi connectivity index (χ4n) is 4.00. The third-order valence-electron chi connectivity index (χ3n) is 5.59. The summed E-state index contributed by atoms with van der Waals surface area (Å²) in [5, 5.41) is 3.59. The Morgan fingerprint density at radius 1 is 1.21 bits per heavy atom. The highest BCUT2D eigenvalue weighted by Gasteiger charge is 2.29. The lowest BCUT2D eigenvalue weighted by Gasteiger charge is -2.24. The molecule has 154 valence electrons. The quantitative estimate of drug-likeness (QED) is 0.378. The van der Waals surface area contributed by atoms with Gasteiger partial charge >= 0.3 is 0 Å². The molecule has 1 aliphatic heterocycles. The Balaban J connectivity index is 0.00000280. The van der Waals surface area contributed by atoms with Gasteiger partial charge < -0.3 is 14.8 Å². The second kappa shape index (κ2) is 10.9. The Morgan fingerprint density at radius 3 is 2.61 bits per heavy atom. The minimum atomic E-state index is 0. The molecule has 28 heavy (non-hydrogen) atoms.